The Labute approximate surface area is 137 Å². The lowest BCUT2D eigenvalue weighted by atomic mass is 10.2. The molecule has 1 unspecified atom stereocenters. The van der Waals surface area contributed by atoms with Crippen LogP contribution in [0, 0.1) is 0 Å². The molecule has 0 aromatic heterocycles. The first kappa shape index (κ1) is 17.3. The van der Waals surface area contributed by atoms with Gasteiger partial charge in [0.15, 0.2) is 0 Å². The van der Waals surface area contributed by atoms with Crippen molar-refractivity contribution in [3.63, 3.8) is 0 Å². The van der Waals surface area contributed by atoms with Crippen molar-refractivity contribution >= 4 is 12.0 Å². The number of benzene rings is 1. The van der Waals surface area contributed by atoms with Crippen molar-refractivity contribution in [1.82, 2.24) is 15.5 Å². The predicted octanol–water partition coefficient (Wildman–Crippen LogP) is 1.63. The van der Waals surface area contributed by atoms with Crippen LogP contribution in [0.15, 0.2) is 30.3 Å². The topological polar surface area (TPSA) is 70.7 Å². The molecule has 2 amide bonds. The molecule has 1 heterocycles. The lowest BCUT2D eigenvalue weighted by Crippen LogP contribution is -2.57. The van der Waals surface area contributed by atoms with Gasteiger partial charge >= 0.3 is 6.09 Å². The van der Waals surface area contributed by atoms with Crippen LogP contribution in [0.25, 0.3) is 0 Å². The fourth-order valence-corrected chi connectivity index (χ4v) is 2.36. The molecular formula is C17H25N3O3. The first-order chi connectivity index (χ1) is 10.8. The first-order valence-electron chi connectivity index (χ1n) is 7.90. The standard InChI is InChI=1S/C17H25N3O3/c1-17(2,3)23-16(22)20-10-9-18-14(12-20)11-19-15(21)13-7-5-4-6-8-13/h4-8,14,18H,9-12H2,1-3H3,(H,19,21). The third-order valence-corrected chi connectivity index (χ3v) is 3.45. The van der Waals surface area contributed by atoms with Crippen molar-refractivity contribution in [3.8, 4) is 0 Å². The molecular weight excluding hydrogens is 294 g/mol. The first-order valence-corrected chi connectivity index (χ1v) is 7.90. The van der Waals surface area contributed by atoms with E-state index >= 15 is 0 Å². The molecule has 0 bridgehead atoms. The lowest BCUT2D eigenvalue weighted by Gasteiger charge is -2.34. The van der Waals surface area contributed by atoms with E-state index in [9.17, 15) is 9.59 Å². The van der Waals surface area contributed by atoms with Crippen LogP contribution < -0.4 is 10.6 Å². The average Bonchev–Trinajstić information content (AvgIpc) is 2.52. The van der Waals surface area contributed by atoms with Gasteiger partial charge in [0.05, 0.1) is 0 Å². The Morgan fingerprint density at radius 2 is 2.00 bits per heavy atom. The summed E-state index contributed by atoms with van der Waals surface area (Å²) in [7, 11) is 0. The Morgan fingerprint density at radius 3 is 2.65 bits per heavy atom. The van der Waals surface area contributed by atoms with Crippen molar-refractivity contribution in [2.45, 2.75) is 32.4 Å². The molecule has 0 radical (unpaired) electrons. The number of carbonyl (C=O) groups excluding carboxylic acids is 2. The van der Waals surface area contributed by atoms with E-state index in [1.54, 1.807) is 17.0 Å². The molecule has 23 heavy (non-hydrogen) atoms. The van der Waals surface area contributed by atoms with Gasteiger partial charge in [0.1, 0.15) is 5.60 Å². The fourth-order valence-electron chi connectivity index (χ4n) is 2.36. The van der Waals surface area contributed by atoms with Gasteiger partial charge in [-0.15, -0.1) is 0 Å². The van der Waals surface area contributed by atoms with Crippen LogP contribution in [0.4, 0.5) is 4.79 Å². The normalized spacial score (nSPS) is 18.4. The Morgan fingerprint density at radius 1 is 1.30 bits per heavy atom. The van der Waals surface area contributed by atoms with E-state index in [0.29, 0.717) is 31.7 Å². The second-order valence-corrected chi connectivity index (χ2v) is 6.65. The van der Waals surface area contributed by atoms with Crippen LogP contribution in [0.5, 0.6) is 0 Å². The van der Waals surface area contributed by atoms with Crippen molar-refractivity contribution in [2.24, 2.45) is 0 Å². The van der Waals surface area contributed by atoms with Crippen molar-refractivity contribution in [3.05, 3.63) is 35.9 Å². The predicted molar refractivity (Wildman–Crippen MR) is 88.4 cm³/mol. The van der Waals surface area contributed by atoms with Crippen molar-refractivity contribution in [2.75, 3.05) is 26.2 Å². The number of hydrogen-bond donors (Lipinski definition) is 2. The molecule has 1 aliphatic rings. The molecule has 0 aliphatic carbocycles. The summed E-state index contributed by atoms with van der Waals surface area (Å²) >= 11 is 0. The van der Waals surface area contributed by atoms with E-state index in [1.165, 1.54) is 0 Å². The van der Waals surface area contributed by atoms with Gasteiger partial charge < -0.3 is 20.3 Å². The molecule has 2 N–H and O–H groups in total. The maximum Gasteiger partial charge on any atom is 0.410 e. The smallest absolute Gasteiger partial charge is 0.410 e. The Kier molecular flexibility index (Phi) is 5.60. The summed E-state index contributed by atoms with van der Waals surface area (Å²) in [6.45, 7) is 7.83. The number of piperazine rings is 1. The fraction of sp³-hybridized carbons (Fsp3) is 0.529. The molecule has 1 aromatic carbocycles. The monoisotopic (exact) mass is 319 g/mol. The van der Waals surface area contributed by atoms with Crippen molar-refractivity contribution < 1.29 is 14.3 Å². The van der Waals surface area contributed by atoms with Crippen LogP contribution in [-0.2, 0) is 4.74 Å². The minimum absolute atomic E-state index is 0.0175. The van der Waals surface area contributed by atoms with Crippen LogP contribution >= 0.6 is 0 Å². The number of ether oxygens (including phenoxy) is 1. The van der Waals surface area contributed by atoms with E-state index in [-0.39, 0.29) is 18.0 Å². The molecule has 1 saturated heterocycles. The summed E-state index contributed by atoms with van der Waals surface area (Å²) in [4.78, 5) is 25.8. The molecule has 1 atom stereocenters. The van der Waals surface area contributed by atoms with Gasteiger partial charge in [-0.2, -0.15) is 0 Å². The molecule has 2 rings (SSSR count). The molecule has 1 aliphatic heterocycles. The van der Waals surface area contributed by atoms with Gasteiger partial charge in [0, 0.05) is 37.8 Å². The second-order valence-electron chi connectivity index (χ2n) is 6.65. The van der Waals surface area contributed by atoms with E-state index in [0.717, 1.165) is 0 Å². The summed E-state index contributed by atoms with van der Waals surface area (Å²) in [6.07, 6.45) is -0.307. The summed E-state index contributed by atoms with van der Waals surface area (Å²) in [5.41, 5.74) is 0.131. The highest BCUT2D eigenvalue weighted by Gasteiger charge is 2.27. The van der Waals surface area contributed by atoms with Gasteiger partial charge in [0.2, 0.25) is 0 Å². The largest absolute Gasteiger partial charge is 0.444 e. The number of hydrogen-bond acceptors (Lipinski definition) is 4. The van der Waals surface area contributed by atoms with Crippen molar-refractivity contribution in [1.29, 1.82) is 0 Å². The van der Waals surface area contributed by atoms with Crippen LogP contribution in [0.3, 0.4) is 0 Å². The number of rotatable bonds is 3. The van der Waals surface area contributed by atoms with Crippen LogP contribution in [0.1, 0.15) is 31.1 Å². The molecule has 1 fully saturated rings. The molecule has 1 aromatic rings. The Bertz CT molecular complexity index is 540. The van der Waals surface area contributed by atoms with Crippen LogP contribution in [0.2, 0.25) is 0 Å². The highest BCUT2D eigenvalue weighted by atomic mass is 16.6. The molecule has 6 heteroatoms. The Balaban J connectivity index is 1.82. The minimum atomic E-state index is -0.501. The number of carbonyl (C=O) groups is 2. The second kappa shape index (κ2) is 7.46. The summed E-state index contributed by atoms with van der Waals surface area (Å²) in [6, 6.07) is 9.10. The third-order valence-electron chi connectivity index (χ3n) is 3.45. The zero-order valence-electron chi connectivity index (χ0n) is 14.0. The number of amides is 2. The highest BCUT2D eigenvalue weighted by molar-refractivity contribution is 5.94. The maximum atomic E-state index is 12.1. The maximum absolute atomic E-state index is 12.1. The minimum Gasteiger partial charge on any atom is -0.444 e. The zero-order valence-corrected chi connectivity index (χ0v) is 14.0. The third kappa shape index (κ3) is 5.56. The van der Waals surface area contributed by atoms with Gasteiger partial charge in [-0.05, 0) is 32.9 Å². The molecule has 126 valence electrons. The lowest BCUT2D eigenvalue weighted by molar-refractivity contribution is 0.0196. The number of nitrogens with zero attached hydrogens (tertiary/aromatic N) is 1. The van der Waals surface area contributed by atoms with E-state index in [4.69, 9.17) is 4.74 Å². The van der Waals surface area contributed by atoms with Gasteiger partial charge in [-0.1, -0.05) is 18.2 Å². The summed E-state index contributed by atoms with van der Waals surface area (Å²) in [5.74, 6) is -0.109. The van der Waals surface area contributed by atoms with E-state index < -0.39 is 5.60 Å². The van der Waals surface area contributed by atoms with E-state index in [1.807, 2.05) is 39.0 Å². The van der Waals surface area contributed by atoms with Crippen LogP contribution in [-0.4, -0.2) is 54.7 Å². The van der Waals surface area contributed by atoms with E-state index in [2.05, 4.69) is 10.6 Å². The van der Waals surface area contributed by atoms with Gasteiger partial charge in [-0.25, -0.2) is 4.79 Å². The molecule has 0 saturated carbocycles. The quantitative estimate of drug-likeness (QED) is 0.888. The molecule has 6 nitrogen and oxygen atoms in total. The zero-order chi connectivity index (χ0) is 16.9. The number of nitrogens with one attached hydrogen (secondary N) is 2. The van der Waals surface area contributed by atoms with Gasteiger partial charge in [0.25, 0.3) is 5.91 Å². The highest BCUT2D eigenvalue weighted by Crippen LogP contribution is 2.11. The SMILES string of the molecule is CC(C)(C)OC(=O)N1CCNC(CNC(=O)c2ccccc2)C1. The van der Waals surface area contributed by atoms with Gasteiger partial charge in [-0.3, -0.25) is 4.79 Å². The Hall–Kier alpha value is -2.08. The summed E-state index contributed by atoms with van der Waals surface area (Å²) < 4.78 is 5.39. The average molecular weight is 319 g/mol. The molecule has 0 spiro atoms. The summed E-state index contributed by atoms with van der Waals surface area (Å²) in [5, 5.41) is 6.21.